The van der Waals surface area contributed by atoms with Crippen LogP contribution in [-0.4, -0.2) is 36.4 Å². The van der Waals surface area contributed by atoms with Gasteiger partial charge in [-0.2, -0.15) is 0 Å². The number of benzene rings is 2. The Kier molecular flexibility index (Phi) is 5.60. The quantitative estimate of drug-likeness (QED) is 0.330. The number of nitrogens with zero attached hydrogens (tertiary/aromatic N) is 2. The van der Waals surface area contributed by atoms with E-state index in [1.54, 1.807) is 50.2 Å². The van der Waals surface area contributed by atoms with Crippen LogP contribution in [0.3, 0.4) is 0 Å². The lowest BCUT2D eigenvalue weighted by Gasteiger charge is -2.27. The van der Waals surface area contributed by atoms with E-state index in [1.165, 1.54) is 12.0 Å². The summed E-state index contributed by atoms with van der Waals surface area (Å²) in [5.41, 5.74) is 6.83. The number of hydrogen-bond acceptors (Lipinski definition) is 5. The fourth-order valence-electron chi connectivity index (χ4n) is 3.41. The summed E-state index contributed by atoms with van der Waals surface area (Å²) in [5.74, 6) is -0.723. The number of hydrogen-bond donors (Lipinski definition) is 2. The molecule has 3 amide bonds. The molecule has 1 fully saturated rings. The maximum atomic E-state index is 13.2. The van der Waals surface area contributed by atoms with Gasteiger partial charge in [0.1, 0.15) is 11.4 Å². The number of carbonyl (C=O) groups is 3. The van der Waals surface area contributed by atoms with Crippen molar-refractivity contribution in [2.45, 2.75) is 32.2 Å². The van der Waals surface area contributed by atoms with E-state index in [0.717, 1.165) is 10.5 Å². The summed E-state index contributed by atoms with van der Waals surface area (Å²) in [6.07, 6.45) is 0.796. The Morgan fingerprint density at radius 3 is 2.13 bits per heavy atom. The second-order valence-corrected chi connectivity index (χ2v) is 7.52. The first-order chi connectivity index (χ1) is 14.2. The molecule has 1 saturated heterocycles. The van der Waals surface area contributed by atoms with E-state index in [4.69, 9.17) is 11.1 Å². The highest BCUT2D eigenvalue weighted by molar-refractivity contribution is 6.30. The molecule has 2 aromatic rings. The maximum absolute atomic E-state index is 13.2. The molecule has 0 atom stereocenters. The van der Waals surface area contributed by atoms with Crippen LogP contribution < -0.4 is 15.5 Å². The van der Waals surface area contributed by atoms with Crippen molar-refractivity contribution in [3.8, 4) is 0 Å². The number of ether oxygens (including phenoxy) is 1. The smallest absolute Gasteiger partial charge is 0.336 e. The fourth-order valence-corrected chi connectivity index (χ4v) is 3.41. The van der Waals surface area contributed by atoms with Crippen LogP contribution in [0.2, 0.25) is 0 Å². The number of rotatable bonds is 6. The Hall–Kier alpha value is -3.68. The average Bonchev–Trinajstić information content (AvgIpc) is 2.90. The van der Waals surface area contributed by atoms with Crippen LogP contribution in [-0.2, 0) is 20.7 Å². The number of nitrogens with two attached hydrogens (primary N) is 1. The Balaban J connectivity index is 1.86. The second kappa shape index (κ2) is 7.98. The Morgan fingerprint density at radius 2 is 1.60 bits per heavy atom. The minimum atomic E-state index is -1.08. The van der Waals surface area contributed by atoms with E-state index in [1.807, 2.05) is 12.1 Å². The lowest BCUT2D eigenvalue weighted by Crippen LogP contribution is -2.44. The van der Waals surface area contributed by atoms with Crippen molar-refractivity contribution >= 4 is 35.1 Å². The third-order valence-electron chi connectivity index (χ3n) is 5.14. The number of amidine groups is 1. The summed E-state index contributed by atoms with van der Waals surface area (Å²) in [5, 5.41) is 7.48. The molecule has 1 aliphatic heterocycles. The lowest BCUT2D eigenvalue weighted by molar-refractivity contribution is -0.140. The SMILES string of the molecule is COC(=O)CCc1ccc(N2C(=O)N(c3ccc(C(=N)N)cc3)C(=O)C2(C)C)cc1. The number of methoxy groups -OCH3 is 1. The molecule has 156 valence electrons. The summed E-state index contributed by atoms with van der Waals surface area (Å²) in [4.78, 5) is 40.2. The topological polar surface area (TPSA) is 117 Å². The van der Waals surface area contributed by atoms with E-state index in [0.29, 0.717) is 23.4 Å². The third kappa shape index (κ3) is 3.76. The number of aryl methyl sites for hydroxylation is 1. The van der Waals surface area contributed by atoms with Crippen LogP contribution in [0.1, 0.15) is 31.4 Å². The van der Waals surface area contributed by atoms with Gasteiger partial charge in [-0.05, 0) is 62.2 Å². The molecular weight excluding hydrogens is 384 g/mol. The van der Waals surface area contributed by atoms with E-state index < -0.39 is 11.6 Å². The molecule has 0 bridgehead atoms. The minimum absolute atomic E-state index is 0.0881. The largest absolute Gasteiger partial charge is 0.469 e. The number of urea groups is 1. The third-order valence-corrected chi connectivity index (χ3v) is 5.14. The molecule has 0 radical (unpaired) electrons. The number of anilines is 2. The predicted molar refractivity (Wildman–Crippen MR) is 114 cm³/mol. The summed E-state index contributed by atoms with van der Waals surface area (Å²) >= 11 is 0. The van der Waals surface area contributed by atoms with Crippen LogP contribution in [0.5, 0.6) is 0 Å². The van der Waals surface area contributed by atoms with Crippen LogP contribution >= 0.6 is 0 Å². The van der Waals surface area contributed by atoms with Crippen LogP contribution in [0, 0.1) is 5.41 Å². The highest BCUT2D eigenvalue weighted by Gasteiger charge is 2.52. The molecule has 3 rings (SSSR count). The molecular formula is C22H24N4O4. The molecule has 30 heavy (non-hydrogen) atoms. The Morgan fingerprint density at radius 1 is 1.03 bits per heavy atom. The zero-order chi connectivity index (χ0) is 22.1. The van der Waals surface area contributed by atoms with Gasteiger partial charge in [-0.3, -0.25) is 19.9 Å². The van der Waals surface area contributed by atoms with Gasteiger partial charge in [0.2, 0.25) is 0 Å². The van der Waals surface area contributed by atoms with Crippen LogP contribution in [0.15, 0.2) is 48.5 Å². The van der Waals surface area contributed by atoms with Gasteiger partial charge in [0.25, 0.3) is 5.91 Å². The van der Waals surface area contributed by atoms with Crippen molar-refractivity contribution < 1.29 is 19.1 Å². The number of nitrogens with one attached hydrogen (secondary N) is 1. The van der Waals surface area contributed by atoms with E-state index in [9.17, 15) is 14.4 Å². The highest BCUT2D eigenvalue weighted by atomic mass is 16.5. The van der Waals surface area contributed by atoms with E-state index in [-0.39, 0.29) is 24.1 Å². The lowest BCUT2D eigenvalue weighted by atomic mass is 10.0. The first-order valence-electron chi connectivity index (χ1n) is 9.45. The number of esters is 1. The van der Waals surface area contributed by atoms with Gasteiger partial charge >= 0.3 is 12.0 Å². The first-order valence-corrected chi connectivity index (χ1v) is 9.45. The molecule has 1 aliphatic rings. The number of imide groups is 1. The zero-order valence-electron chi connectivity index (χ0n) is 17.1. The van der Waals surface area contributed by atoms with Gasteiger partial charge in [-0.25, -0.2) is 9.69 Å². The number of nitrogen functional groups attached to an aromatic ring is 1. The first kappa shape index (κ1) is 21.0. The van der Waals surface area contributed by atoms with Crippen LogP contribution in [0.4, 0.5) is 16.2 Å². The van der Waals surface area contributed by atoms with Gasteiger partial charge in [-0.15, -0.1) is 0 Å². The molecule has 8 heteroatoms. The molecule has 1 heterocycles. The molecule has 0 aromatic heterocycles. The Bertz CT molecular complexity index is 997. The van der Waals surface area contributed by atoms with Crippen molar-refractivity contribution in [1.82, 2.24) is 0 Å². The number of carbonyl (C=O) groups excluding carboxylic acids is 3. The molecule has 0 unspecified atom stereocenters. The molecule has 8 nitrogen and oxygen atoms in total. The van der Waals surface area contributed by atoms with Crippen molar-refractivity contribution in [1.29, 1.82) is 5.41 Å². The molecule has 0 aliphatic carbocycles. The minimum Gasteiger partial charge on any atom is -0.469 e. The van der Waals surface area contributed by atoms with Gasteiger partial charge in [0.15, 0.2) is 0 Å². The second-order valence-electron chi connectivity index (χ2n) is 7.52. The number of amides is 3. The van der Waals surface area contributed by atoms with Crippen molar-refractivity contribution in [3.05, 3.63) is 59.7 Å². The summed E-state index contributed by atoms with van der Waals surface area (Å²) in [6.45, 7) is 3.39. The van der Waals surface area contributed by atoms with Crippen molar-refractivity contribution in [2.24, 2.45) is 5.73 Å². The van der Waals surface area contributed by atoms with Gasteiger partial charge < -0.3 is 10.5 Å². The molecule has 3 N–H and O–H groups in total. The Labute approximate surface area is 174 Å². The normalized spacial score (nSPS) is 15.4. The summed E-state index contributed by atoms with van der Waals surface area (Å²) in [7, 11) is 1.35. The molecule has 0 spiro atoms. The highest BCUT2D eigenvalue weighted by Crippen LogP contribution is 2.36. The van der Waals surface area contributed by atoms with Gasteiger partial charge in [0.05, 0.1) is 12.8 Å². The predicted octanol–water partition coefficient (Wildman–Crippen LogP) is 2.83. The van der Waals surface area contributed by atoms with Crippen molar-refractivity contribution in [3.63, 3.8) is 0 Å². The van der Waals surface area contributed by atoms with Crippen molar-refractivity contribution in [2.75, 3.05) is 16.9 Å². The average molecular weight is 408 g/mol. The molecule has 2 aromatic carbocycles. The van der Waals surface area contributed by atoms with Gasteiger partial charge in [-0.1, -0.05) is 12.1 Å². The zero-order valence-corrected chi connectivity index (χ0v) is 17.1. The summed E-state index contributed by atoms with van der Waals surface area (Å²) < 4.78 is 4.65. The van der Waals surface area contributed by atoms with E-state index >= 15 is 0 Å². The van der Waals surface area contributed by atoms with Crippen LogP contribution in [0.25, 0.3) is 0 Å². The summed E-state index contributed by atoms with van der Waals surface area (Å²) in [6, 6.07) is 13.1. The standard InChI is InChI=1S/C22H24N4O4/c1-22(2)20(28)25(16-11-7-15(8-12-16)19(23)24)21(29)26(22)17-9-4-14(5-10-17)6-13-18(27)30-3/h4-5,7-12H,6,13H2,1-3H3,(H3,23,24). The molecule has 0 saturated carbocycles. The monoisotopic (exact) mass is 408 g/mol. The maximum Gasteiger partial charge on any atom is 0.336 e. The van der Waals surface area contributed by atoms with Gasteiger partial charge in [0, 0.05) is 17.7 Å². The van der Waals surface area contributed by atoms with E-state index in [2.05, 4.69) is 4.74 Å². The fraction of sp³-hybridized carbons (Fsp3) is 0.273.